The number of hydrogen-bond acceptors (Lipinski definition) is 32. The van der Waals surface area contributed by atoms with Crippen LogP contribution in [-0.4, -0.2) is 327 Å². The van der Waals surface area contributed by atoms with E-state index in [1.807, 2.05) is 6.20 Å². The molecule has 0 aliphatic carbocycles. The summed E-state index contributed by atoms with van der Waals surface area (Å²) in [6.45, 7) is 6.71. The highest BCUT2D eigenvalue weighted by molar-refractivity contribution is 7.33. The van der Waals surface area contributed by atoms with E-state index >= 15 is 0 Å². The van der Waals surface area contributed by atoms with Crippen LogP contribution in [0, 0.1) is 11.4 Å². The molecule has 16 atom stereocenters. The van der Waals surface area contributed by atoms with Gasteiger partial charge in [0.2, 0.25) is 47.3 Å². The molecule has 718 valence electrons. The second-order valence-electron chi connectivity index (χ2n) is 32.4. The molecule has 4 fully saturated rings. The van der Waals surface area contributed by atoms with Crippen LogP contribution < -0.4 is 42.5 Å². The third-order valence-corrected chi connectivity index (χ3v) is 22.8. The van der Waals surface area contributed by atoms with Gasteiger partial charge in [-0.1, -0.05) is 96.3 Å². The Kier molecular flexibility index (Phi) is 59.5. The van der Waals surface area contributed by atoms with Crippen LogP contribution in [0.1, 0.15) is 233 Å². The van der Waals surface area contributed by atoms with Gasteiger partial charge in [0.15, 0.2) is 18.9 Å². The molecule has 0 radical (unpaired) electrons. The van der Waals surface area contributed by atoms with Gasteiger partial charge >= 0.3 is 8.25 Å². The second kappa shape index (κ2) is 66.7. The van der Waals surface area contributed by atoms with Gasteiger partial charge in [-0.25, -0.2) is 5.53 Å². The van der Waals surface area contributed by atoms with Crippen molar-refractivity contribution in [3.8, 4) is 0 Å². The average molecular weight is 1800 g/mol. The van der Waals surface area contributed by atoms with Crippen LogP contribution in [-0.2, 0) is 94.6 Å². The molecule has 0 saturated carbocycles. The highest BCUT2D eigenvalue weighted by atomic mass is 31.1. The van der Waals surface area contributed by atoms with Crippen molar-refractivity contribution in [1.29, 1.82) is 5.53 Å². The van der Waals surface area contributed by atoms with E-state index in [1.165, 1.54) is 20.8 Å². The Balaban J connectivity index is 1.33. The van der Waals surface area contributed by atoms with Crippen LogP contribution >= 0.6 is 8.25 Å². The molecule has 0 aromatic heterocycles. The summed E-state index contributed by atoms with van der Waals surface area (Å²) in [4.78, 5) is 105. The molecular weight excluding hydrogens is 1650 g/mol. The lowest BCUT2D eigenvalue weighted by molar-refractivity contribution is -0.270. The van der Waals surface area contributed by atoms with E-state index in [1.54, 1.807) is 11.8 Å². The van der Waals surface area contributed by atoms with Crippen LogP contribution in [0.25, 0.3) is 0 Å². The lowest BCUT2D eigenvalue weighted by Gasteiger charge is -2.42. The number of aliphatic hydroxyl groups excluding tert-OH is 9. The molecule has 16 unspecified atom stereocenters. The van der Waals surface area contributed by atoms with Crippen LogP contribution in [0.2, 0.25) is 0 Å². The number of likely N-dealkylation sites (tertiary alicyclic amines) is 1. The third kappa shape index (κ3) is 46.0. The first-order valence-electron chi connectivity index (χ1n) is 45.1. The normalized spacial score (nSPS) is 24.4. The lowest BCUT2D eigenvalue weighted by Crippen LogP contribution is -2.64. The molecule has 0 aromatic carbocycles. The maximum atomic E-state index is 14.7. The Bertz CT molecular complexity index is 2820. The van der Waals surface area contributed by atoms with Crippen molar-refractivity contribution in [2.75, 3.05) is 132 Å². The van der Waals surface area contributed by atoms with Crippen molar-refractivity contribution < 1.29 is 141 Å². The van der Waals surface area contributed by atoms with E-state index in [0.29, 0.717) is 142 Å². The number of allylic oxidation sites excluding steroid dienone is 1. The fourth-order valence-corrected chi connectivity index (χ4v) is 15.4. The Labute approximate surface area is 731 Å². The van der Waals surface area contributed by atoms with Gasteiger partial charge in [-0.15, -0.1) is 0 Å². The van der Waals surface area contributed by atoms with Crippen molar-refractivity contribution in [3.63, 3.8) is 0 Å². The van der Waals surface area contributed by atoms with Gasteiger partial charge in [0.25, 0.3) is 0 Å². The van der Waals surface area contributed by atoms with E-state index < -0.39 is 149 Å². The van der Waals surface area contributed by atoms with Crippen molar-refractivity contribution in [3.05, 3.63) is 11.9 Å². The Morgan fingerprint density at radius 1 is 0.444 bits per heavy atom. The number of nitrogens with one attached hydrogen (secondary N) is 9. The topological polar surface area (TPSA) is 573 Å². The van der Waals surface area contributed by atoms with Crippen LogP contribution in [0.4, 0.5) is 0 Å². The quantitative estimate of drug-likeness (QED) is 0.0235. The monoisotopic (exact) mass is 1800 g/mol. The molecule has 4 rings (SSSR count). The molecule has 4 aliphatic rings. The predicted octanol–water partition coefficient (Wildman–Crippen LogP) is 1.97. The Hall–Kier alpha value is -5.67. The van der Waals surface area contributed by atoms with Crippen molar-refractivity contribution in [2.24, 2.45) is 11.0 Å². The summed E-state index contributed by atoms with van der Waals surface area (Å²) in [5.74, 6) is -3.21. The van der Waals surface area contributed by atoms with Gasteiger partial charge in [-0.2, -0.15) is 5.11 Å². The Morgan fingerprint density at radius 2 is 0.782 bits per heavy atom. The zero-order chi connectivity index (χ0) is 90.7. The zero-order valence-corrected chi connectivity index (χ0v) is 74.7. The molecule has 0 bridgehead atoms. The first-order valence-corrected chi connectivity index (χ1v) is 46.3. The Morgan fingerprint density at radius 3 is 1.14 bits per heavy atom. The van der Waals surface area contributed by atoms with Crippen molar-refractivity contribution in [1.82, 2.24) is 47.4 Å². The number of amides is 8. The molecule has 0 spiro atoms. The number of carbonyl (C=O) groups is 8. The van der Waals surface area contributed by atoms with Crippen molar-refractivity contribution in [2.45, 2.75) is 331 Å². The predicted molar refractivity (Wildman–Crippen MR) is 452 cm³/mol. The van der Waals surface area contributed by atoms with E-state index in [0.717, 1.165) is 102 Å². The number of ether oxygens (including phenoxy) is 9. The summed E-state index contributed by atoms with van der Waals surface area (Å²) in [7, 11) is -2.36. The van der Waals surface area contributed by atoms with Gasteiger partial charge in [0, 0.05) is 118 Å². The number of unbranched alkanes of at least 4 members (excludes halogenated alkanes) is 20. The van der Waals surface area contributed by atoms with Gasteiger partial charge in [-0.3, -0.25) is 42.9 Å². The number of carbonyl (C=O) groups excluding carboxylic acids is 8. The molecule has 4 aliphatic heterocycles. The lowest BCUT2D eigenvalue weighted by atomic mass is 9.93. The summed E-state index contributed by atoms with van der Waals surface area (Å²) in [5.41, 5.74) is 6.92. The minimum absolute atomic E-state index is 0.0115. The van der Waals surface area contributed by atoms with E-state index in [-0.39, 0.29) is 108 Å². The molecule has 4 saturated heterocycles. The molecule has 4 heterocycles. The number of piperidine rings is 1. The first-order chi connectivity index (χ1) is 59.8. The van der Waals surface area contributed by atoms with Crippen LogP contribution in [0.3, 0.4) is 0 Å². The number of aliphatic hydroxyl groups is 9. The maximum Gasteiger partial charge on any atom is 0.319 e. The third-order valence-electron chi connectivity index (χ3n) is 21.9. The minimum Gasteiger partial charge on any atom is -0.394 e. The largest absolute Gasteiger partial charge is 0.394 e. The van der Waals surface area contributed by atoms with Crippen LogP contribution in [0.15, 0.2) is 17.0 Å². The zero-order valence-electron chi connectivity index (χ0n) is 73.7. The van der Waals surface area contributed by atoms with E-state index in [2.05, 4.69) is 47.6 Å². The highest BCUT2D eigenvalue weighted by Crippen LogP contribution is 2.29. The summed E-state index contributed by atoms with van der Waals surface area (Å²) >= 11 is 0. The second-order valence-corrected chi connectivity index (χ2v) is 33.4. The summed E-state index contributed by atoms with van der Waals surface area (Å²) in [5, 5.41) is 118. The van der Waals surface area contributed by atoms with Crippen molar-refractivity contribution >= 4 is 55.5 Å². The summed E-state index contributed by atoms with van der Waals surface area (Å²) < 4.78 is 74.7. The molecule has 8 amide bonds. The van der Waals surface area contributed by atoms with Crippen LogP contribution in [0.5, 0.6) is 0 Å². The standard InChI is InChI=1S/C83H152N11O29P/c1-5-119-124(112)120-47-30-17-9-7-6-8-11-21-31-62(93-84)51-85-38-23-13-10-12-22-32-69(104)94-42-33-61(34-43-94)79(111)92-83(55-113-48-35-66(101)86-39-24-14-18-27-44-116-80-70(89-58(2)98)76(108)73(105)63(52-95)121-80,56-114-49-36-67(102)87-40-25-15-19-28-45-117-81-71(90-59(3)99)77(109)74(106)64(53-96)122-81)57-115-50-37-68(103)88-41-26-16-20-29-46-118-82-72(91-60(4)100)78(110)75(107)65(54-97)123-82/h51,61,63-65,70-78,80-82,84-85,95-97,105-110,124H,5-50,52-57H2,1-4H3,(H,86,101)(H,87,102)(H,88,103)(H,89,98)(H,90,99)(H,91,100)(H,92,111)/b62-51-,93-84?. The van der Waals surface area contributed by atoms with Gasteiger partial charge in [0.05, 0.1) is 78.4 Å². The molecular formula is C83H152N11O29P. The fourth-order valence-electron chi connectivity index (χ4n) is 14.7. The first kappa shape index (κ1) is 111. The van der Waals surface area contributed by atoms with Gasteiger partial charge < -0.3 is 145 Å². The number of rotatable bonds is 71. The smallest absolute Gasteiger partial charge is 0.319 e. The average Bonchev–Trinajstić information content (AvgIpc) is 0.813. The molecule has 40 nitrogen and oxygen atoms in total. The number of hydrogen-bond donors (Lipinski definition) is 18. The van der Waals surface area contributed by atoms with Gasteiger partial charge in [0.1, 0.15) is 78.6 Å². The van der Waals surface area contributed by atoms with E-state index in [9.17, 15) is 88.9 Å². The summed E-state index contributed by atoms with van der Waals surface area (Å²) in [6.07, 6.45) is 8.70. The van der Waals surface area contributed by atoms with E-state index in [4.69, 9.17) is 57.2 Å². The number of nitrogens with zero attached hydrogens (tertiary/aromatic N) is 2. The summed E-state index contributed by atoms with van der Waals surface area (Å²) in [6, 6.07) is -3.19. The maximum absolute atomic E-state index is 14.7. The minimum atomic E-state index is -2.36. The highest BCUT2D eigenvalue weighted by Gasteiger charge is 2.48. The van der Waals surface area contributed by atoms with Gasteiger partial charge in [-0.05, 0) is 90.4 Å². The molecule has 41 heteroatoms. The molecule has 18 N–H and O–H groups in total. The molecule has 0 aromatic rings. The SMILES string of the molecule is CCO[PH](=O)OCCCCCCCCCC/C(=C/NCCCCCCCC(=O)N1CCC(C(=O)NC(COCCC(=O)NCCCCCCOC2OC(CO)C(O)C(O)C2NC(C)=O)(COCCC(=O)NCCCCCCOC2OC(CO)C(O)C(O)C2NC(C)=O)COCCC(=O)NCCCCCCOC2OC(CO)C(O)C(O)C2NC(C)=O)CC1)N=N. The molecule has 124 heavy (non-hydrogen) atoms. The fraction of sp³-hybridized carbons (Fsp3) is 0.880.